The van der Waals surface area contributed by atoms with Crippen molar-refractivity contribution >= 4 is 33.9 Å². The number of para-hydroxylation sites is 1. The second kappa shape index (κ2) is 7.07. The van der Waals surface area contributed by atoms with Crippen LogP contribution in [-0.2, 0) is 0 Å². The zero-order valence-electron chi connectivity index (χ0n) is 16.9. The minimum Gasteiger partial charge on any atom is -0.369 e. The third kappa shape index (κ3) is 3.41. The average molecular weight is 386 g/mol. The molecule has 2 aromatic carbocycles. The predicted molar refractivity (Wildman–Crippen MR) is 119 cm³/mol. The number of piperidine rings is 1. The molecule has 1 aliphatic heterocycles. The number of rotatable bonds is 4. The molecule has 5 nitrogen and oxygen atoms in total. The van der Waals surface area contributed by atoms with Crippen molar-refractivity contribution in [2.24, 2.45) is 11.8 Å². The van der Waals surface area contributed by atoms with Gasteiger partial charge >= 0.3 is 6.03 Å². The number of nitrogens with one attached hydrogen (secondary N) is 2. The molecular weight excluding hydrogens is 360 g/mol. The van der Waals surface area contributed by atoms with Crippen LogP contribution in [0.1, 0.15) is 31.7 Å². The maximum atomic E-state index is 12.9. The number of fused-ring (bicyclic) bond motifs is 2. The molecule has 1 saturated carbocycles. The van der Waals surface area contributed by atoms with Crippen LogP contribution in [0.3, 0.4) is 0 Å². The zero-order chi connectivity index (χ0) is 20.0. The number of amides is 2. The molecule has 2 atom stereocenters. The summed E-state index contributed by atoms with van der Waals surface area (Å²) in [5.74, 6) is 2.07. The second-order valence-electron chi connectivity index (χ2n) is 8.54. The standard InChI is InChI=1S/C24H26N4O/c1-15(2)19-6-4-8-22(23(19)28-13-17-11-18(17)14-28)27-24(29)26-21-7-3-5-16-12-25-10-9-20(16)21/h3-10,12,15,17-18H,11,13-14H2,1-2H3,(H2,26,27,29). The Kier molecular flexibility index (Phi) is 4.38. The predicted octanol–water partition coefficient (Wildman–Crippen LogP) is 5.46. The summed E-state index contributed by atoms with van der Waals surface area (Å²) in [4.78, 5) is 19.5. The van der Waals surface area contributed by atoms with Crippen LogP contribution in [0.15, 0.2) is 54.9 Å². The first-order valence-electron chi connectivity index (χ1n) is 10.4. The number of urea groups is 1. The van der Waals surface area contributed by atoms with Crippen molar-refractivity contribution in [1.82, 2.24) is 4.98 Å². The number of benzene rings is 2. The van der Waals surface area contributed by atoms with Crippen molar-refractivity contribution < 1.29 is 4.79 Å². The Bertz CT molecular complexity index is 1060. The third-order valence-corrected chi connectivity index (χ3v) is 6.16. The number of carbonyl (C=O) groups is 1. The fraction of sp³-hybridized carbons (Fsp3) is 0.333. The maximum Gasteiger partial charge on any atom is 0.323 e. The summed E-state index contributed by atoms with van der Waals surface area (Å²) in [6, 6.07) is 13.8. The van der Waals surface area contributed by atoms with E-state index in [0.717, 1.165) is 47.1 Å². The first-order valence-corrected chi connectivity index (χ1v) is 10.4. The summed E-state index contributed by atoms with van der Waals surface area (Å²) in [5.41, 5.74) is 4.15. The zero-order valence-corrected chi connectivity index (χ0v) is 16.9. The summed E-state index contributed by atoms with van der Waals surface area (Å²) in [5, 5.41) is 8.12. The highest BCUT2D eigenvalue weighted by Gasteiger charge is 2.46. The van der Waals surface area contributed by atoms with E-state index < -0.39 is 0 Å². The van der Waals surface area contributed by atoms with E-state index in [1.54, 1.807) is 12.4 Å². The van der Waals surface area contributed by atoms with Gasteiger partial charge in [0.05, 0.1) is 17.1 Å². The van der Waals surface area contributed by atoms with Crippen LogP contribution in [-0.4, -0.2) is 24.1 Å². The lowest BCUT2D eigenvalue weighted by Gasteiger charge is -2.28. The van der Waals surface area contributed by atoms with Gasteiger partial charge in [-0.05, 0) is 47.9 Å². The lowest BCUT2D eigenvalue weighted by molar-refractivity contribution is 0.262. The van der Waals surface area contributed by atoms with Crippen LogP contribution in [0, 0.1) is 11.8 Å². The van der Waals surface area contributed by atoms with Crippen molar-refractivity contribution in [3.05, 3.63) is 60.4 Å². The van der Waals surface area contributed by atoms with Gasteiger partial charge in [-0.25, -0.2) is 4.79 Å². The fourth-order valence-electron chi connectivity index (χ4n) is 4.57. The highest BCUT2D eigenvalue weighted by Crippen LogP contribution is 2.49. The minimum absolute atomic E-state index is 0.221. The summed E-state index contributed by atoms with van der Waals surface area (Å²) in [6.07, 6.45) is 4.91. The molecule has 2 amide bonds. The molecule has 1 saturated heterocycles. The Morgan fingerprint density at radius 1 is 1.03 bits per heavy atom. The highest BCUT2D eigenvalue weighted by molar-refractivity contribution is 6.07. The second-order valence-corrected chi connectivity index (χ2v) is 8.54. The Hall–Kier alpha value is -3.08. The molecule has 148 valence electrons. The van der Waals surface area contributed by atoms with Gasteiger partial charge < -0.3 is 15.5 Å². The summed E-state index contributed by atoms with van der Waals surface area (Å²) >= 11 is 0. The largest absolute Gasteiger partial charge is 0.369 e. The van der Waals surface area contributed by atoms with Gasteiger partial charge in [0.25, 0.3) is 0 Å². The van der Waals surface area contributed by atoms with E-state index in [1.807, 2.05) is 36.4 Å². The van der Waals surface area contributed by atoms with Gasteiger partial charge in [-0.15, -0.1) is 0 Å². The molecule has 5 heteroatoms. The van der Waals surface area contributed by atoms with E-state index in [2.05, 4.69) is 40.4 Å². The smallest absolute Gasteiger partial charge is 0.323 e. The molecule has 5 rings (SSSR count). The lowest BCUT2D eigenvalue weighted by atomic mass is 9.99. The first kappa shape index (κ1) is 18.0. The number of aromatic nitrogens is 1. The fourth-order valence-corrected chi connectivity index (χ4v) is 4.57. The molecule has 0 radical (unpaired) electrons. The number of carbonyl (C=O) groups excluding carboxylic acids is 1. The van der Waals surface area contributed by atoms with Crippen LogP contribution in [0.2, 0.25) is 0 Å². The maximum absolute atomic E-state index is 12.9. The Balaban J connectivity index is 1.42. The van der Waals surface area contributed by atoms with Crippen molar-refractivity contribution in [1.29, 1.82) is 0 Å². The van der Waals surface area contributed by atoms with Crippen molar-refractivity contribution in [3.8, 4) is 0 Å². The summed E-state index contributed by atoms with van der Waals surface area (Å²) in [6.45, 7) is 6.62. The van der Waals surface area contributed by atoms with Crippen molar-refractivity contribution in [3.63, 3.8) is 0 Å². The summed E-state index contributed by atoms with van der Waals surface area (Å²) in [7, 11) is 0. The van der Waals surface area contributed by atoms with E-state index in [1.165, 1.54) is 17.7 Å². The Labute approximate surface area is 171 Å². The molecule has 29 heavy (non-hydrogen) atoms. The normalized spacial score (nSPS) is 20.0. The van der Waals surface area contributed by atoms with Gasteiger partial charge in [-0.1, -0.05) is 38.1 Å². The monoisotopic (exact) mass is 386 g/mol. The molecule has 1 aromatic heterocycles. The van der Waals surface area contributed by atoms with Crippen LogP contribution in [0.25, 0.3) is 10.8 Å². The number of pyridine rings is 1. The topological polar surface area (TPSA) is 57.3 Å². The SMILES string of the molecule is CC(C)c1cccc(NC(=O)Nc2cccc3cnccc23)c1N1CC2CC2C1. The molecule has 2 N–H and O–H groups in total. The number of anilines is 3. The molecule has 1 aliphatic carbocycles. The van der Waals surface area contributed by atoms with Gasteiger partial charge in [-0.2, -0.15) is 0 Å². The van der Waals surface area contributed by atoms with E-state index in [4.69, 9.17) is 0 Å². The third-order valence-electron chi connectivity index (χ3n) is 6.16. The Morgan fingerprint density at radius 2 is 1.76 bits per heavy atom. The molecule has 3 aromatic rings. The molecule has 0 spiro atoms. The van der Waals surface area contributed by atoms with E-state index >= 15 is 0 Å². The quantitative estimate of drug-likeness (QED) is 0.626. The van der Waals surface area contributed by atoms with Crippen molar-refractivity contribution in [2.75, 3.05) is 28.6 Å². The van der Waals surface area contributed by atoms with E-state index in [-0.39, 0.29) is 6.03 Å². The van der Waals surface area contributed by atoms with Gasteiger partial charge in [0.1, 0.15) is 0 Å². The number of hydrogen-bond donors (Lipinski definition) is 2. The molecule has 2 fully saturated rings. The van der Waals surface area contributed by atoms with E-state index in [0.29, 0.717) is 5.92 Å². The van der Waals surface area contributed by atoms with Crippen LogP contribution in [0.5, 0.6) is 0 Å². The van der Waals surface area contributed by atoms with E-state index in [9.17, 15) is 4.79 Å². The van der Waals surface area contributed by atoms with Crippen molar-refractivity contribution in [2.45, 2.75) is 26.2 Å². The number of nitrogens with zero attached hydrogens (tertiary/aromatic N) is 2. The minimum atomic E-state index is -0.221. The van der Waals surface area contributed by atoms with Crippen LogP contribution >= 0.6 is 0 Å². The van der Waals surface area contributed by atoms with Crippen LogP contribution in [0.4, 0.5) is 21.9 Å². The molecule has 2 heterocycles. The lowest BCUT2D eigenvalue weighted by Crippen LogP contribution is -2.27. The Morgan fingerprint density at radius 3 is 2.55 bits per heavy atom. The van der Waals surface area contributed by atoms with Crippen LogP contribution < -0.4 is 15.5 Å². The van der Waals surface area contributed by atoms with Gasteiger partial charge in [0, 0.05) is 36.3 Å². The van der Waals surface area contributed by atoms with Gasteiger partial charge in [-0.3, -0.25) is 4.98 Å². The molecule has 0 bridgehead atoms. The van der Waals surface area contributed by atoms with Gasteiger partial charge in [0.2, 0.25) is 0 Å². The number of hydrogen-bond acceptors (Lipinski definition) is 3. The highest BCUT2D eigenvalue weighted by atomic mass is 16.2. The van der Waals surface area contributed by atoms with Gasteiger partial charge in [0.15, 0.2) is 0 Å². The average Bonchev–Trinajstić information content (AvgIpc) is 3.33. The first-order chi connectivity index (χ1) is 14.1. The molecule has 2 aliphatic rings. The molecule has 2 unspecified atom stereocenters. The molecular formula is C24H26N4O. The summed E-state index contributed by atoms with van der Waals surface area (Å²) < 4.78 is 0.